The number of rotatable bonds is 8. The zero-order chi connectivity index (χ0) is 25.8. The largest absolute Gasteiger partial charge is 0.481 e. The second-order valence-corrected chi connectivity index (χ2v) is 10.0. The smallest absolute Gasteiger partial charge is 0.312 e. The minimum absolute atomic E-state index is 0.0476. The van der Waals surface area contributed by atoms with Crippen molar-refractivity contribution in [1.29, 1.82) is 0 Å². The Balaban J connectivity index is 1.85. The van der Waals surface area contributed by atoms with Crippen LogP contribution in [0.1, 0.15) is 43.1 Å². The van der Waals surface area contributed by atoms with Gasteiger partial charge in [-0.15, -0.1) is 0 Å². The van der Waals surface area contributed by atoms with Gasteiger partial charge in [0, 0.05) is 26.5 Å². The van der Waals surface area contributed by atoms with Crippen LogP contribution in [0.25, 0.3) is 10.9 Å². The van der Waals surface area contributed by atoms with Crippen LogP contribution in [0.2, 0.25) is 0 Å². The molecule has 1 heterocycles. The molecule has 10 heteroatoms. The fourth-order valence-electron chi connectivity index (χ4n) is 3.62. The maximum atomic E-state index is 13.4. The Morgan fingerprint density at radius 2 is 1.89 bits per heavy atom. The van der Waals surface area contributed by atoms with E-state index in [1.54, 1.807) is 18.2 Å². The molecule has 0 amide bonds. The third kappa shape index (κ3) is 5.55. The Labute approximate surface area is 224 Å². The highest BCUT2D eigenvalue weighted by Crippen LogP contribution is 2.34. The molecule has 0 aliphatic rings. The number of benzene rings is 3. The molecule has 0 saturated carbocycles. The maximum Gasteiger partial charge on any atom is 0.312 e. The number of fused-ring (bicyclic) bond motifs is 1. The molecule has 1 atom stereocenters. The van der Waals surface area contributed by atoms with Crippen molar-refractivity contribution < 1.29 is 9.66 Å². The monoisotopic (exact) mass is 612 g/mol. The van der Waals surface area contributed by atoms with Crippen molar-refractivity contribution in [3.8, 4) is 5.75 Å². The molecule has 0 aliphatic heterocycles. The van der Waals surface area contributed by atoms with Gasteiger partial charge < -0.3 is 4.74 Å². The Morgan fingerprint density at radius 3 is 2.58 bits per heavy atom. The van der Waals surface area contributed by atoms with Crippen LogP contribution in [0.5, 0.6) is 5.75 Å². The lowest BCUT2D eigenvalue weighted by Gasteiger charge is -2.14. The van der Waals surface area contributed by atoms with Crippen LogP contribution in [-0.2, 0) is 6.61 Å². The second-order valence-electron chi connectivity index (χ2n) is 8.18. The molecule has 4 aromatic rings. The van der Waals surface area contributed by atoms with Crippen LogP contribution in [-0.4, -0.2) is 20.8 Å². The summed E-state index contributed by atoms with van der Waals surface area (Å²) in [5.74, 6) is 0.517. The standard InChI is InChI=1S/C26H22Br2N4O4/c1-3-16(2)25-30-22-10-9-19(27)12-21(22)26(33)31(25)29-14-18-11-20(28)13-23(32(34)35)24(18)36-15-17-7-5-4-6-8-17/h4-14,16H,3,15H2,1-2H3/t16-/m1/s1. The number of aromatic nitrogens is 2. The van der Waals surface area contributed by atoms with Gasteiger partial charge in [-0.2, -0.15) is 9.78 Å². The molecular weight excluding hydrogens is 592 g/mol. The van der Waals surface area contributed by atoms with E-state index in [-0.39, 0.29) is 29.5 Å². The Hall–Kier alpha value is -3.37. The van der Waals surface area contributed by atoms with Crippen LogP contribution in [0, 0.1) is 10.1 Å². The lowest BCUT2D eigenvalue weighted by Crippen LogP contribution is -2.23. The molecular formula is C26H22Br2N4O4. The number of halogens is 2. The van der Waals surface area contributed by atoms with Crippen molar-refractivity contribution in [2.75, 3.05) is 0 Å². The number of nitrogens with zero attached hydrogens (tertiary/aromatic N) is 4. The van der Waals surface area contributed by atoms with Gasteiger partial charge in [-0.05, 0) is 36.2 Å². The molecule has 0 saturated heterocycles. The van der Waals surface area contributed by atoms with Crippen molar-refractivity contribution in [2.45, 2.75) is 32.8 Å². The van der Waals surface area contributed by atoms with Gasteiger partial charge in [-0.3, -0.25) is 14.9 Å². The van der Waals surface area contributed by atoms with Gasteiger partial charge in [0.1, 0.15) is 12.4 Å². The van der Waals surface area contributed by atoms with Crippen LogP contribution in [0.4, 0.5) is 5.69 Å². The van der Waals surface area contributed by atoms with Gasteiger partial charge >= 0.3 is 5.69 Å². The molecule has 4 rings (SSSR count). The summed E-state index contributed by atoms with van der Waals surface area (Å²) in [5.41, 5.74) is 1.25. The molecule has 0 spiro atoms. The van der Waals surface area contributed by atoms with Gasteiger partial charge in [-0.1, -0.05) is 76.0 Å². The highest BCUT2D eigenvalue weighted by molar-refractivity contribution is 9.10. The van der Waals surface area contributed by atoms with Crippen LogP contribution >= 0.6 is 31.9 Å². The SMILES string of the molecule is CC[C@@H](C)c1nc2ccc(Br)cc2c(=O)n1N=Cc1cc(Br)cc([N+](=O)[O-])c1OCc1ccccc1. The third-order valence-corrected chi connectivity index (χ3v) is 6.64. The average Bonchev–Trinajstić information content (AvgIpc) is 2.87. The van der Waals surface area contributed by atoms with Gasteiger partial charge in [0.25, 0.3) is 5.56 Å². The number of nitro groups is 1. The summed E-state index contributed by atoms with van der Waals surface area (Å²) in [6.07, 6.45) is 2.15. The quantitative estimate of drug-likeness (QED) is 0.124. The summed E-state index contributed by atoms with van der Waals surface area (Å²) in [7, 11) is 0. The van der Waals surface area contributed by atoms with Crippen LogP contribution in [0.15, 0.2) is 79.5 Å². The fourth-order valence-corrected chi connectivity index (χ4v) is 4.44. The first-order valence-corrected chi connectivity index (χ1v) is 12.8. The first-order chi connectivity index (χ1) is 17.3. The predicted octanol–water partition coefficient (Wildman–Crippen LogP) is 6.80. The number of hydrogen-bond donors (Lipinski definition) is 0. The summed E-state index contributed by atoms with van der Waals surface area (Å²) in [6, 6.07) is 17.7. The van der Waals surface area contributed by atoms with Crippen molar-refractivity contribution >= 4 is 54.7 Å². The van der Waals surface area contributed by atoms with E-state index in [1.165, 1.54) is 17.0 Å². The van der Waals surface area contributed by atoms with Gasteiger partial charge in [-0.25, -0.2) is 4.98 Å². The lowest BCUT2D eigenvalue weighted by atomic mass is 10.1. The summed E-state index contributed by atoms with van der Waals surface area (Å²) >= 11 is 6.74. The number of nitro benzene ring substituents is 1. The average molecular weight is 614 g/mol. The van der Waals surface area contributed by atoms with Gasteiger partial charge in [0.2, 0.25) is 5.75 Å². The van der Waals surface area contributed by atoms with E-state index in [1.807, 2.05) is 50.2 Å². The molecule has 0 bridgehead atoms. The van der Waals surface area contributed by atoms with Crippen molar-refractivity contribution in [3.05, 3.63) is 107 Å². The van der Waals surface area contributed by atoms with Crippen molar-refractivity contribution in [3.63, 3.8) is 0 Å². The van der Waals surface area contributed by atoms with Crippen LogP contribution < -0.4 is 10.3 Å². The lowest BCUT2D eigenvalue weighted by molar-refractivity contribution is -0.386. The van der Waals surface area contributed by atoms with E-state index >= 15 is 0 Å². The molecule has 8 nitrogen and oxygen atoms in total. The van der Waals surface area contributed by atoms with E-state index in [9.17, 15) is 14.9 Å². The zero-order valence-electron chi connectivity index (χ0n) is 19.5. The molecule has 1 aromatic heterocycles. The summed E-state index contributed by atoms with van der Waals surface area (Å²) in [4.78, 5) is 29.4. The Morgan fingerprint density at radius 1 is 1.14 bits per heavy atom. The molecule has 0 N–H and O–H groups in total. The minimum atomic E-state index is -0.506. The first kappa shape index (κ1) is 25.7. The van der Waals surface area contributed by atoms with Crippen LogP contribution in [0.3, 0.4) is 0 Å². The molecule has 3 aromatic carbocycles. The molecule has 0 aliphatic carbocycles. The van der Waals surface area contributed by atoms with Crippen molar-refractivity contribution in [1.82, 2.24) is 9.66 Å². The highest BCUT2D eigenvalue weighted by Gasteiger charge is 2.21. The fraction of sp³-hybridized carbons (Fsp3) is 0.192. The topological polar surface area (TPSA) is 99.6 Å². The molecule has 184 valence electrons. The molecule has 36 heavy (non-hydrogen) atoms. The molecule has 0 fully saturated rings. The second kappa shape index (κ2) is 11.1. The Bertz CT molecular complexity index is 1520. The molecule has 0 radical (unpaired) electrons. The van der Waals surface area contributed by atoms with E-state index in [0.29, 0.717) is 26.8 Å². The Kier molecular flexibility index (Phi) is 7.95. The minimum Gasteiger partial charge on any atom is -0.481 e. The normalized spacial score (nSPS) is 12.2. The maximum absolute atomic E-state index is 13.4. The van der Waals surface area contributed by atoms with Crippen molar-refractivity contribution in [2.24, 2.45) is 5.10 Å². The third-order valence-electron chi connectivity index (χ3n) is 5.68. The number of hydrogen-bond acceptors (Lipinski definition) is 6. The van der Waals surface area contributed by atoms with Gasteiger partial charge in [0.05, 0.1) is 22.0 Å². The summed E-state index contributed by atoms with van der Waals surface area (Å²) in [6.45, 7) is 4.11. The first-order valence-electron chi connectivity index (χ1n) is 11.2. The number of ether oxygens (including phenoxy) is 1. The summed E-state index contributed by atoms with van der Waals surface area (Å²) in [5, 5.41) is 16.7. The highest BCUT2D eigenvalue weighted by atomic mass is 79.9. The molecule has 0 unspecified atom stereocenters. The van der Waals surface area contributed by atoms with E-state index in [2.05, 4.69) is 37.0 Å². The van der Waals surface area contributed by atoms with E-state index in [4.69, 9.17) is 9.72 Å². The van der Waals surface area contributed by atoms with Gasteiger partial charge in [0.15, 0.2) is 0 Å². The predicted molar refractivity (Wildman–Crippen MR) is 147 cm³/mol. The summed E-state index contributed by atoms with van der Waals surface area (Å²) < 4.78 is 8.41. The van der Waals surface area contributed by atoms with E-state index in [0.717, 1.165) is 16.5 Å². The van der Waals surface area contributed by atoms with E-state index < -0.39 is 4.92 Å². The zero-order valence-corrected chi connectivity index (χ0v) is 22.7.